The van der Waals surface area contributed by atoms with Crippen molar-refractivity contribution in [1.82, 2.24) is 0 Å². The second-order valence-corrected chi connectivity index (χ2v) is 13.4. The Hall–Kier alpha value is -0.270. The summed E-state index contributed by atoms with van der Waals surface area (Å²) in [6.07, 6.45) is 24.3. The standard InChI is InChI=1S/C23H46O3.C6H16NO3P/c1-3-4-5-6-7-8-9-10-11-12-13-14-15-16-17-18-19-20-26-22-23(24)21-25-2;1-6(11(8,9)10)5-7(2,3)4/h14-15,23-24H,3-13,16-22H2,1-2H3;6H,5H2,1-4H3,(H-,8,9,10)/p+1/b15-14-;/t23-;/m0./s1. The average Bonchev–Trinajstić information content (AvgIpc) is 2.79. The molecule has 0 saturated heterocycles. The first-order valence-electron chi connectivity index (χ1n) is 14.7. The lowest BCUT2D eigenvalue weighted by molar-refractivity contribution is -0.869. The van der Waals surface area contributed by atoms with Gasteiger partial charge in [0.05, 0.1) is 40.9 Å². The Bertz CT molecular complexity index is 547. The molecule has 0 spiro atoms. The van der Waals surface area contributed by atoms with Crippen LogP contribution in [0.4, 0.5) is 0 Å². The molecule has 0 saturated carbocycles. The third kappa shape index (κ3) is 33.7. The zero-order valence-electron chi connectivity index (χ0n) is 25.2. The van der Waals surface area contributed by atoms with Gasteiger partial charge in [0.25, 0.3) is 0 Å². The summed E-state index contributed by atoms with van der Waals surface area (Å²) in [5.41, 5.74) is -0.553. The molecule has 8 heteroatoms. The van der Waals surface area contributed by atoms with E-state index in [1.54, 1.807) is 14.0 Å². The molecule has 2 atom stereocenters. The van der Waals surface area contributed by atoms with Crippen LogP contribution in [-0.2, 0) is 14.0 Å². The number of quaternary nitrogens is 1. The molecule has 0 radical (unpaired) electrons. The van der Waals surface area contributed by atoms with Gasteiger partial charge in [0, 0.05) is 13.7 Å². The molecule has 0 aliphatic rings. The molecule has 0 rings (SSSR count). The summed E-state index contributed by atoms with van der Waals surface area (Å²) in [7, 11) is 3.45. The van der Waals surface area contributed by atoms with Crippen molar-refractivity contribution in [2.75, 3.05) is 54.6 Å². The molecule has 0 fully saturated rings. The van der Waals surface area contributed by atoms with Gasteiger partial charge in [-0.25, -0.2) is 0 Å². The highest BCUT2D eigenvalue weighted by Gasteiger charge is 2.28. The molecule has 224 valence electrons. The van der Waals surface area contributed by atoms with E-state index in [1.807, 2.05) is 21.1 Å². The number of allylic oxidation sites excluding steroid dienone is 2. The molecule has 0 aliphatic carbocycles. The van der Waals surface area contributed by atoms with E-state index in [0.717, 1.165) is 13.0 Å². The lowest BCUT2D eigenvalue weighted by atomic mass is 10.1. The maximum atomic E-state index is 10.7. The molecule has 7 nitrogen and oxygen atoms in total. The van der Waals surface area contributed by atoms with Crippen LogP contribution in [0.2, 0.25) is 0 Å². The Balaban J connectivity index is 0. The molecular weight excluding hydrogens is 489 g/mol. The Morgan fingerprint density at radius 2 is 1.24 bits per heavy atom. The van der Waals surface area contributed by atoms with Gasteiger partial charge in [-0.3, -0.25) is 4.57 Å². The van der Waals surface area contributed by atoms with Crippen molar-refractivity contribution in [3.63, 3.8) is 0 Å². The predicted octanol–water partition coefficient (Wildman–Crippen LogP) is 6.70. The number of aliphatic hydroxyl groups excluding tert-OH is 1. The number of hydrogen-bond donors (Lipinski definition) is 3. The van der Waals surface area contributed by atoms with E-state index in [1.165, 1.54) is 89.9 Å². The van der Waals surface area contributed by atoms with Crippen molar-refractivity contribution in [3.05, 3.63) is 12.2 Å². The number of unbranched alkanes of at least 4 members (excludes halogenated alkanes) is 13. The van der Waals surface area contributed by atoms with E-state index in [4.69, 9.17) is 19.3 Å². The van der Waals surface area contributed by atoms with Gasteiger partial charge in [-0.1, -0.05) is 83.3 Å². The van der Waals surface area contributed by atoms with E-state index < -0.39 is 19.4 Å². The van der Waals surface area contributed by atoms with Crippen LogP contribution < -0.4 is 0 Å². The van der Waals surface area contributed by atoms with Crippen LogP contribution in [-0.4, -0.2) is 85.8 Å². The maximum absolute atomic E-state index is 10.7. The first-order valence-corrected chi connectivity index (χ1v) is 16.4. The number of hydrogen-bond acceptors (Lipinski definition) is 4. The summed E-state index contributed by atoms with van der Waals surface area (Å²) < 4.78 is 21.6. The van der Waals surface area contributed by atoms with Crippen molar-refractivity contribution < 1.29 is 33.4 Å². The molecule has 0 aliphatic heterocycles. The largest absolute Gasteiger partial charge is 0.388 e. The van der Waals surface area contributed by atoms with Crippen LogP contribution in [0.15, 0.2) is 12.2 Å². The van der Waals surface area contributed by atoms with Gasteiger partial charge in [0.1, 0.15) is 11.8 Å². The fourth-order valence-corrected chi connectivity index (χ4v) is 4.69. The van der Waals surface area contributed by atoms with Crippen LogP contribution in [0.1, 0.15) is 110 Å². The summed E-state index contributed by atoms with van der Waals surface area (Å²) in [5, 5.41) is 9.43. The lowest BCUT2D eigenvalue weighted by Gasteiger charge is -2.27. The summed E-state index contributed by atoms with van der Waals surface area (Å²) in [6, 6.07) is 0. The van der Waals surface area contributed by atoms with Crippen LogP contribution in [0.3, 0.4) is 0 Å². The number of rotatable bonds is 24. The van der Waals surface area contributed by atoms with Crippen molar-refractivity contribution in [1.29, 1.82) is 0 Å². The van der Waals surface area contributed by atoms with Crippen LogP contribution in [0, 0.1) is 0 Å². The Morgan fingerprint density at radius 1 is 0.784 bits per heavy atom. The highest BCUT2D eigenvalue weighted by atomic mass is 31.2. The number of aliphatic hydroxyl groups is 1. The van der Waals surface area contributed by atoms with E-state index in [2.05, 4.69) is 19.1 Å². The minimum Gasteiger partial charge on any atom is -0.388 e. The van der Waals surface area contributed by atoms with Crippen LogP contribution in [0.5, 0.6) is 0 Å². The summed E-state index contributed by atoms with van der Waals surface area (Å²) in [5.74, 6) is 0. The van der Waals surface area contributed by atoms with Gasteiger partial charge in [0.15, 0.2) is 0 Å². The van der Waals surface area contributed by atoms with Crippen LogP contribution in [0.25, 0.3) is 0 Å². The lowest BCUT2D eigenvalue weighted by Crippen LogP contribution is -2.40. The quantitative estimate of drug-likeness (QED) is 0.0534. The average molecular weight is 553 g/mol. The SMILES string of the molecule is CC(C[N+](C)(C)C)P(=O)(O)O.CCCCCCCCCCCC/C=C\CCCCCOC[C@@H](O)COC. The normalized spacial score (nSPS) is 14.0. The Labute approximate surface area is 229 Å². The minimum atomic E-state index is -3.87. The van der Waals surface area contributed by atoms with E-state index in [-0.39, 0.29) is 0 Å². The summed E-state index contributed by atoms with van der Waals surface area (Å²) >= 11 is 0. The second-order valence-electron chi connectivity index (χ2n) is 11.4. The summed E-state index contributed by atoms with van der Waals surface area (Å²) in [4.78, 5) is 17.5. The van der Waals surface area contributed by atoms with Crippen molar-refractivity contribution in [3.8, 4) is 0 Å². The number of methoxy groups -OCH3 is 1. The van der Waals surface area contributed by atoms with E-state index in [9.17, 15) is 9.67 Å². The molecule has 0 aromatic heterocycles. The van der Waals surface area contributed by atoms with E-state index >= 15 is 0 Å². The predicted molar refractivity (Wildman–Crippen MR) is 157 cm³/mol. The second kappa shape index (κ2) is 26.0. The van der Waals surface area contributed by atoms with Crippen LogP contribution >= 0.6 is 7.60 Å². The fraction of sp³-hybridized carbons (Fsp3) is 0.931. The molecule has 1 unspecified atom stereocenters. The first-order chi connectivity index (χ1) is 17.4. The van der Waals surface area contributed by atoms with Gasteiger partial charge in [-0.05, 0) is 39.0 Å². The molecule has 0 aromatic carbocycles. The molecule has 37 heavy (non-hydrogen) atoms. The zero-order chi connectivity index (χ0) is 28.4. The molecule has 3 N–H and O–H groups in total. The van der Waals surface area contributed by atoms with Crippen molar-refractivity contribution >= 4 is 7.60 Å². The van der Waals surface area contributed by atoms with Gasteiger partial charge in [0.2, 0.25) is 0 Å². The molecule has 0 bridgehead atoms. The minimum absolute atomic E-state index is 0.351. The molecular formula is C29H63NO6P+. The van der Waals surface area contributed by atoms with E-state index in [0.29, 0.717) is 24.2 Å². The van der Waals surface area contributed by atoms with Crippen molar-refractivity contribution in [2.24, 2.45) is 0 Å². The van der Waals surface area contributed by atoms with Crippen molar-refractivity contribution in [2.45, 2.75) is 122 Å². The first kappa shape index (κ1) is 38.9. The molecule has 0 aromatic rings. The third-order valence-electron chi connectivity index (χ3n) is 6.11. The highest BCUT2D eigenvalue weighted by molar-refractivity contribution is 7.52. The zero-order valence-corrected chi connectivity index (χ0v) is 26.1. The van der Waals surface area contributed by atoms with Gasteiger partial charge in [-0.15, -0.1) is 0 Å². The smallest absolute Gasteiger partial charge is 0.333 e. The number of ether oxygens (including phenoxy) is 2. The summed E-state index contributed by atoms with van der Waals surface area (Å²) in [6.45, 7) is 5.82. The number of nitrogens with zero attached hydrogens (tertiary/aromatic N) is 1. The highest BCUT2D eigenvalue weighted by Crippen LogP contribution is 2.41. The Kier molecular flexibility index (Phi) is 27.3. The topological polar surface area (TPSA) is 96.2 Å². The third-order valence-corrected chi connectivity index (χ3v) is 7.42. The maximum Gasteiger partial charge on any atom is 0.333 e. The van der Waals surface area contributed by atoms with Gasteiger partial charge < -0.3 is 28.9 Å². The molecule has 0 amide bonds. The fourth-order valence-electron chi connectivity index (χ4n) is 3.99. The van der Waals surface area contributed by atoms with Gasteiger partial charge in [-0.2, -0.15) is 0 Å². The molecule has 0 heterocycles. The Morgan fingerprint density at radius 3 is 1.65 bits per heavy atom. The monoisotopic (exact) mass is 552 g/mol. The van der Waals surface area contributed by atoms with Gasteiger partial charge >= 0.3 is 7.60 Å².